The summed E-state index contributed by atoms with van der Waals surface area (Å²) in [6, 6.07) is 1.89. The number of nitrogens with zero attached hydrogens (tertiary/aromatic N) is 4. The number of nitrogens with one attached hydrogen (secondary N) is 1. The molecule has 8 nitrogen and oxygen atoms in total. The van der Waals surface area contributed by atoms with Gasteiger partial charge in [-0.25, -0.2) is 14.3 Å². The summed E-state index contributed by atoms with van der Waals surface area (Å²) in [7, 11) is 0. The van der Waals surface area contributed by atoms with Crippen LogP contribution in [0.1, 0.15) is 49.4 Å². The fraction of sp³-hybridized carbons (Fsp3) is 0.588. The van der Waals surface area contributed by atoms with Gasteiger partial charge in [0, 0.05) is 17.9 Å². The van der Waals surface area contributed by atoms with Gasteiger partial charge in [0.1, 0.15) is 0 Å². The molecule has 8 heteroatoms. The van der Waals surface area contributed by atoms with Gasteiger partial charge < -0.3 is 10.1 Å². The Balaban J connectivity index is 1.56. The summed E-state index contributed by atoms with van der Waals surface area (Å²) in [6.45, 7) is 5.85. The average Bonchev–Trinajstić information content (AvgIpc) is 3.03. The maximum Gasteiger partial charge on any atom is 0.378 e. The molecular weight excluding hydrogens is 322 g/mol. The Morgan fingerprint density at radius 1 is 1.36 bits per heavy atom. The van der Waals surface area contributed by atoms with Crippen LogP contribution in [0.3, 0.4) is 0 Å². The van der Waals surface area contributed by atoms with Crippen molar-refractivity contribution in [1.29, 1.82) is 0 Å². The largest absolute Gasteiger partial charge is 0.450 e. The van der Waals surface area contributed by atoms with Crippen LogP contribution in [0.2, 0.25) is 0 Å². The van der Waals surface area contributed by atoms with Gasteiger partial charge in [0.25, 0.3) is 17.5 Å². The van der Waals surface area contributed by atoms with Gasteiger partial charge in [0.05, 0.1) is 0 Å². The molecule has 1 aliphatic rings. The monoisotopic (exact) mass is 345 g/mol. The Kier molecular flexibility index (Phi) is 4.96. The Bertz CT molecular complexity index is 788. The second-order valence-corrected chi connectivity index (χ2v) is 6.75. The summed E-state index contributed by atoms with van der Waals surface area (Å²) in [6.07, 6.45) is 4.85. The van der Waals surface area contributed by atoms with Crippen LogP contribution in [0.25, 0.3) is 5.78 Å². The van der Waals surface area contributed by atoms with Crippen LogP contribution in [0.15, 0.2) is 12.3 Å². The lowest BCUT2D eigenvalue weighted by molar-refractivity contribution is -0.125. The van der Waals surface area contributed by atoms with Crippen molar-refractivity contribution in [3.05, 3.63) is 23.8 Å². The maximum absolute atomic E-state index is 12.1. The molecule has 0 aromatic carbocycles. The van der Waals surface area contributed by atoms with Crippen molar-refractivity contribution in [1.82, 2.24) is 24.9 Å². The van der Waals surface area contributed by atoms with Crippen molar-refractivity contribution in [3.8, 4) is 0 Å². The van der Waals surface area contributed by atoms with E-state index in [4.69, 9.17) is 4.74 Å². The van der Waals surface area contributed by atoms with Gasteiger partial charge in [-0.3, -0.25) is 4.79 Å². The quantitative estimate of drug-likeness (QED) is 0.844. The molecule has 1 aliphatic carbocycles. The second-order valence-electron chi connectivity index (χ2n) is 6.75. The number of aromatic nitrogens is 4. The molecule has 2 aromatic heterocycles. The number of amides is 1. The minimum Gasteiger partial charge on any atom is -0.450 e. The van der Waals surface area contributed by atoms with Gasteiger partial charge in [0.15, 0.2) is 6.61 Å². The second kappa shape index (κ2) is 7.16. The first-order valence-corrected chi connectivity index (χ1v) is 8.60. The highest BCUT2D eigenvalue weighted by Gasteiger charge is 2.28. The molecule has 0 unspecified atom stereocenters. The lowest BCUT2D eigenvalue weighted by Gasteiger charge is -2.34. The van der Waals surface area contributed by atoms with E-state index in [1.807, 2.05) is 6.92 Å². The highest BCUT2D eigenvalue weighted by atomic mass is 16.5. The number of carbonyl (C=O) groups is 2. The molecule has 0 radical (unpaired) electrons. The Labute approximate surface area is 146 Å². The number of hydrogen-bond acceptors (Lipinski definition) is 6. The first-order chi connectivity index (χ1) is 12.0. The van der Waals surface area contributed by atoms with Crippen LogP contribution in [-0.2, 0) is 9.53 Å². The van der Waals surface area contributed by atoms with Gasteiger partial charge >= 0.3 is 5.97 Å². The van der Waals surface area contributed by atoms with E-state index in [-0.39, 0.29) is 24.4 Å². The fourth-order valence-corrected chi connectivity index (χ4v) is 3.22. The molecule has 2 aromatic rings. The Hall–Kier alpha value is -2.51. The van der Waals surface area contributed by atoms with Crippen LogP contribution in [0.5, 0.6) is 0 Å². The van der Waals surface area contributed by atoms with Crippen LogP contribution >= 0.6 is 0 Å². The number of hydrogen-bond donors (Lipinski definition) is 1. The zero-order valence-corrected chi connectivity index (χ0v) is 14.7. The third kappa shape index (κ3) is 3.78. The van der Waals surface area contributed by atoms with Crippen molar-refractivity contribution < 1.29 is 14.3 Å². The number of carbonyl (C=O) groups excluding carboxylic acids is 2. The number of esters is 1. The molecule has 0 bridgehead atoms. The molecule has 134 valence electrons. The van der Waals surface area contributed by atoms with Crippen LogP contribution in [-0.4, -0.2) is 44.1 Å². The third-order valence-electron chi connectivity index (χ3n) is 5.00. The molecule has 1 saturated carbocycles. The van der Waals surface area contributed by atoms with E-state index in [0.717, 1.165) is 18.5 Å². The van der Waals surface area contributed by atoms with Crippen molar-refractivity contribution in [3.63, 3.8) is 0 Å². The topological polar surface area (TPSA) is 98.5 Å². The molecule has 1 amide bonds. The first-order valence-electron chi connectivity index (χ1n) is 8.60. The predicted molar refractivity (Wildman–Crippen MR) is 89.9 cm³/mol. The molecule has 0 spiro atoms. The van der Waals surface area contributed by atoms with E-state index in [9.17, 15) is 9.59 Å². The minimum absolute atomic E-state index is 0.103. The zero-order valence-electron chi connectivity index (χ0n) is 14.7. The predicted octanol–water partition coefficient (Wildman–Crippen LogP) is 1.53. The van der Waals surface area contributed by atoms with Crippen LogP contribution in [0, 0.1) is 18.8 Å². The number of aryl methyl sites for hydroxylation is 1. The lowest BCUT2D eigenvalue weighted by atomic mass is 9.78. The van der Waals surface area contributed by atoms with Gasteiger partial charge in [-0.1, -0.05) is 26.7 Å². The summed E-state index contributed by atoms with van der Waals surface area (Å²) in [5, 5.41) is 7.03. The smallest absolute Gasteiger partial charge is 0.378 e. The normalized spacial score (nSPS) is 23.4. The van der Waals surface area contributed by atoms with Crippen LogP contribution in [0.4, 0.5) is 0 Å². The van der Waals surface area contributed by atoms with Gasteiger partial charge in [0.2, 0.25) is 0 Å². The number of fused-ring (bicyclic) bond motifs is 1. The van der Waals surface area contributed by atoms with Crippen molar-refractivity contribution in [2.45, 2.75) is 46.1 Å². The van der Waals surface area contributed by atoms with E-state index in [0.29, 0.717) is 17.6 Å². The zero-order chi connectivity index (χ0) is 18.0. The number of ether oxygens (including phenoxy) is 1. The van der Waals surface area contributed by atoms with E-state index in [2.05, 4.69) is 34.2 Å². The van der Waals surface area contributed by atoms with Gasteiger partial charge in [-0.2, -0.15) is 4.98 Å². The van der Waals surface area contributed by atoms with Gasteiger partial charge in [-0.05, 0) is 31.2 Å². The molecule has 0 saturated heterocycles. The maximum atomic E-state index is 12.1. The fourth-order valence-electron chi connectivity index (χ4n) is 3.22. The summed E-state index contributed by atoms with van der Waals surface area (Å²) in [4.78, 5) is 32.2. The molecule has 1 fully saturated rings. The van der Waals surface area contributed by atoms with E-state index >= 15 is 0 Å². The van der Waals surface area contributed by atoms with Crippen molar-refractivity contribution >= 4 is 17.7 Å². The third-order valence-corrected chi connectivity index (χ3v) is 5.00. The molecule has 1 N–H and O–H groups in total. The molecule has 2 heterocycles. The van der Waals surface area contributed by atoms with Crippen molar-refractivity contribution in [2.75, 3.05) is 6.61 Å². The standard InChI is InChI=1S/C17H23N5O3/c1-10-5-4-6-13(12(10)3)19-14(23)9-25-16(24)15-20-17-18-8-7-11(2)22(17)21-15/h7-8,10,12-13H,4-6,9H2,1-3H3,(H,19,23)/t10-,12+,13-/m1/s1. The highest BCUT2D eigenvalue weighted by Crippen LogP contribution is 2.29. The summed E-state index contributed by atoms with van der Waals surface area (Å²) in [5.74, 6) is 0.195. The number of rotatable bonds is 4. The molecule has 3 rings (SSSR count). The molecular formula is C17H23N5O3. The van der Waals surface area contributed by atoms with E-state index < -0.39 is 5.97 Å². The molecule has 3 atom stereocenters. The molecule has 0 aliphatic heterocycles. The summed E-state index contributed by atoms with van der Waals surface area (Å²) in [5.41, 5.74) is 0.801. The minimum atomic E-state index is -0.731. The summed E-state index contributed by atoms with van der Waals surface area (Å²) >= 11 is 0. The summed E-state index contributed by atoms with van der Waals surface area (Å²) < 4.78 is 6.51. The van der Waals surface area contributed by atoms with Gasteiger partial charge in [-0.15, -0.1) is 5.10 Å². The van der Waals surface area contributed by atoms with E-state index in [1.165, 1.54) is 10.9 Å². The van der Waals surface area contributed by atoms with Crippen molar-refractivity contribution in [2.24, 2.45) is 11.8 Å². The Morgan fingerprint density at radius 3 is 2.92 bits per heavy atom. The lowest BCUT2D eigenvalue weighted by Crippen LogP contribution is -2.45. The van der Waals surface area contributed by atoms with E-state index in [1.54, 1.807) is 12.3 Å². The average molecular weight is 345 g/mol. The molecule has 25 heavy (non-hydrogen) atoms. The first kappa shape index (κ1) is 17.3. The highest BCUT2D eigenvalue weighted by molar-refractivity contribution is 5.88. The Morgan fingerprint density at radius 2 is 2.16 bits per heavy atom. The SMILES string of the molecule is Cc1ccnc2nc(C(=O)OCC(=O)N[C@@H]3CCC[C@@H](C)[C@@H]3C)nn12. The van der Waals surface area contributed by atoms with Crippen LogP contribution < -0.4 is 5.32 Å².